The minimum atomic E-state index is -0.659. The summed E-state index contributed by atoms with van der Waals surface area (Å²) in [5.41, 5.74) is 1.00. The van der Waals surface area contributed by atoms with Crippen LogP contribution < -0.4 is 5.32 Å². The molecule has 3 rings (SSSR count). The van der Waals surface area contributed by atoms with Crippen molar-refractivity contribution in [3.8, 4) is 11.5 Å². The number of hydrogen-bond acceptors (Lipinski definition) is 9. The summed E-state index contributed by atoms with van der Waals surface area (Å²) in [6, 6.07) is 11.1. The SMILES string of the molecule is COC(=O)c1cc(NC(=O)CSc2nnc(-c3ccccc3Cl)o2)cc(C(=O)OC)c1. The van der Waals surface area contributed by atoms with Crippen LogP contribution in [0, 0.1) is 0 Å². The zero-order valence-corrected chi connectivity index (χ0v) is 18.0. The van der Waals surface area contributed by atoms with Crippen molar-refractivity contribution < 1.29 is 28.3 Å². The molecule has 1 amide bonds. The largest absolute Gasteiger partial charge is 0.465 e. The van der Waals surface area contributed by atoms with Crippen LogP contribution in [0.2, 0.25) is 5.02 Å². The Kier molecular flexibility index (Phi) is 7.27. The Hall–Kier alpha value is -3.37. The van der Waals surface area contributed by atoms with Crippen LogP contribution in [0.5, 0.6) is 0 Å². The summed E-state index contributed by atoms with van der Waals surface area (Å²) in [4.78, 5) is 36.0. The van der Waals surface area contributed by atoms with Crippen molar-refractivity contribution in [2.75, 3.05) is 25.3 Å². The van der Waals surface area contributed by atoms with E-state index in [9.17, 15) is 14.4 Å². The van der Waals surface area contributed by atoms with Gasteiger partial charge in [-0.15, -0.1) is 10.2 Å². The smallest absolute Gasteiger partial charge is 0.337 e. The Balaban J connectivity index is 1.68. The lowest BCUT2D eigenvalue weighted by Gasteiger charge is -2.09. The third kappa shape index (κ3) is 5.62. The van der Waals surface area contributed by atoms with Crippen LogP contribution in [0.15, 0.2) is 52.1 Å². The lowest BCUT2D eigenvalue weighted by molar-refractivity contribution is -0.113. The van der Waals surface area contributed by atoms with Crippen molar-refractivity contribution in [1.82, 2.24) is 10.2 Å². The van der Waals surface area contributed by atoms with Gasteiger partial charge in [0.1, 0.15) is 0 Å². The molecule has 0 aliphatic rings. The highest BCUT2D eigenvalue weighted by Crippen LogP contribution is 2.28. The average Bonchev–Trinajstić information content (AvgIpc) is 3.25. The maximum Gasteiger partial charge on any atom is 0.337 e. The monoisotopic (exact) mass is 461 g/mol. The van der Waals surface area contributed by atoms with E-state index in [4.69, 9.17) is 16.0 Å². The van der Waals surface area contributed by atoms with E-state index in [1.54, 1.807) is 24.3 Å². The number of carbonyl (C=O) groups excluding carboxylic acids is 3. The van der Waals surface area contributed by atoms with Gasteiger partial charge in [0.15, 0.2) is 0 Å². The fourth-order valence-corrected chi connectivity index (χ4v) is 3.29. The maximum absolute atomic E-state index is 12.3. The van der Waals surface area contributed by atoms with Crippen LogP contribution in [-0.4, -0.2) is 48.0 Å². The molecule has 0 spiro atoms. The van der Waals surface area contributed by atoms with Gasteiger partial charge in [-0.05, 0) is 30.3 Å². The number of aromatic nitrogens is 2. The summed E-state index contributed by atoms with van der Waals surface area (Å²) in [7, 11) is 2.42. The Bertz CT molecular complexity index is 1100. The van der Waals surface area contributed by atoms with E-state index >= 15 is 0 Å². The number of methoxy groups -OCH3 is 2. The first-order valence-electron chi connectivity index (χ1n) is 8.74. The van der Waals surface area contributed by atoms with Gasteiger partial charge in [-0.25, -0.2) is 9.59 Å². The number of halogens is 1. The molecule has 9 nitrogen and oxygen atoms in total. The predicted octanol–water partition coefficient (Wildman–Crippen LogP) is 3.69. The fourth-order valence-electron chi connectivity index (χ4n) is 2.51. The number of thioether (sulfide) groups is 1. The van der Waals surface area contributed by atoms with E-state index in [0.29, 0.717) is 10.6 Å². The van der Waals surface area contributed by atoms with E-state index in [1.807, 2.05) is 0 Å². The number of ether oxygens (including phenoxy) is 2. The number of benzene rings is 2. The molecule has 1 aromatic heterocycles. The van der Waals surface area contributed by atoms with Crippen molar-refractivity contribution >= 4 is 46.9 Å². The van der Waals surface area contributed by atoms with Crippen LogP contribution in [-0.2, 0) is 14.3 Å². The summed E-state index contributed by atoms with van der Waals surface area (Å²) in [6.07, 6.45) is 0. The van der Waals surface area contributed by atoms with Crippen molar-refractivity contribution in [3.05, 3.63) is 58.6 Å². The summed E-state index contributed by atoms with van der Waals surface area (Å²) in [6.45, 7) is 0. The molecule has 11 heteroatoms. The van der Waals surface area contributed by atoms with Gasteiger partial charge in [0.25, 0.3) is 5.22 Å². The second kappa shape index (κ2) is 10.1. The zero-order valence-electron chi connectivity index (χ0n) is 16.4. The fraction of sp³-hybridized carbons (Fsp3) is 0.150. The molecule has 0 saturated carbocycles. The molecule has 1 heterocycles. The number of nitrogens with zero attached hydrogens (tertiary/aromatic N) is 2. The molecule has 1 N–H and O–H groups in total. The summed E-state index contributed by atoms with van der Waals surface area (Å²) >= 11 is 7.13. The van der Waals surface area contributed by atoms with E-state index in [1.165, 1.54) is 32.4 Å². The molecule has 0 aliphatic heterocycles. The summed E-state index contributed by atoms with van der Waals surface area (Å²) in [5, 5.41) is 11.1. The van der Waals surface area contributed by atoms with Gasteiger partial charge in [0, 0.05) is 5.69 Å². The summed E-state index contributed by atoms with van der Waals surface area (Å²) in [5.74, 6) is -1.55. The van der Waals surface area contributed by atoms with Gasteiger partial charge < -0.3 is 19.2 Å². The van der Waals surface area contributed by atoms with Crippen LogP contribution in [0.4, 0.5) is 5.69 Å². The Morgan fingerprint density at radius 2 is 1.68 bits per heavy atom. The Morgan fingerprint density at radius 3 is 2.29 bits per heavy atom. The summed E-state index contributed by atoms with van der Waals surface area (Å²) < 4.78 is 14.9. The zero-order chi connectivity index (χ0) is 22.4. The normalized spacial score (nSPS) is 10.4. The van der Waals surface area contributed by atoms with Crippen molar-refractivity contribution in [1.29, 1.82) is 0 Å². The number of nitrogens with one attached hydrogen (secondary N) is 1. The van der Waals surface area contributed by atoms with Gasteiger partial charge >= 0.3 is 11.9 Å². The maximum atomic E-state index is 12.3. The molecule has 160 valence electrons. The van der Waals surface area contributed by atoms with Gasteiger partial charge in [-0.1, -0.05) is 35.5 Å². The number of carbonyl (C=O) groups is 3. The first-order chi connectivity index (χ1) is 14.9. The topological polar surface area (TPSA) is 121 Å². The van der Waals surface area contributed by atoms with Crippen LogP contribution in [0.3, 0.4) is 0 Å². The quantitative estimate of drug-likeness (QED) is 0.414. The molecule has 0 fully saturated rings. The van der Waals surface area contributed by atoms with E-state index in [2.05, 4.69) is 25.0 Å². The highest BCUT2D eigenvalue weighted by molar-refractivity contribution is 7.99. The predicted molar refractivity (Wildman–Crippen MR) is 113 cm³/mol. The third-order valence-corrected chi connectivity index (χ3v) is 5.04. The Labute approximate surface area is 186 Å². The van der Waals surface area contributed by atoms with Crippen molar-refractivity contribution in [2.45, 2.75) is 5.22 Å². The lowest BCUT2D eigenvalue weighted by Crippen LogP contribution is -2.16. The second-order valence-electron chi connectivity index (χ2n) is 5.97. The molecule has 2 aromatic carbocycles. The highest BCUT2D eigenvalue weighted by atomic mass is 35.5. The molecule has 0 radical (unpaired) electrons. The molecule has 0 saturated heterocycles. The number of amides is 1. The average molecular weight is 462 g/mol. The van der Waals surface area contributed by atoms with Crippen LogP contribution in [0.25, 0.3) is 11.5 Å². The number of esters is 2. The minimum Gasteiger partial charge on any atom is -0.465 e. The minimum absolute atomic E-state index is 0.0554. The second-order valence-corrected chi connectivity index (χ2v) is 7.31. The standard InChI is InChI=1S/C20H16ClN3O6S/c1-28-18(26)11-7-12(19(27)29-2)9-13(8-11)22-16(25)10-31-20-24-23-17(30-20)14-5-3-4-6-15(14)21/h3-9H,10H2,1-2H3,(H,22,25). The van der Waals surface area contributed by atoms with Gasteiger partial charge in [0.2, 0.25) is 11.8 Å². The molecular weight excluding hydrogens is 446 g/mol. The molecule has 31 heavy (non-hydrogen) atoms. The van der Waals surface area contributed by atoms with Crippen molar-refractivity contribution in [2.24, 2.45) is 0 Å². The van der Waals surface area contributed by atoms with Crippen LogP contribution >= 0.6 is 23.4 Å². The van der Waals surface area contributed by atoms with Gasteiger partial charge in [0.05, 0.1) is 41.7 Å². The molecule has 3 aromatic rings. The highest BCUT2D eigenvalue weighted by Gasteiger charge is 2.16. The first-order valence-corrected chi connectivity index (χ1v) is 10.1. The van der Waals surface area contributed by atoms with Crippen molar-refractivity contribution in [3.63, 3.8) is 0 Å². The van der Waals surface area contributed by atoms with Gasteiger partial charge in [-0.3, -0.25) is 4.79 Å². The molecule has 0 bridgehead atoms. The first kappa shape index (κ1) is 22.3. The number of rotatable bonds is 7. The lowest BCUT2D eigenvalue weighted by atomic mass is 10.1. The molecule has 0 unspecified atom stereocenters. The molecular formula is C20H16ClN3O6S. The third-order valence-electron chi connectivity index (χ3n) is 3.90. The van der Waals surface area contributed by atoms with Crippen LogP contribution in [0.1, 0.15) is 20.7 Å². The molecule has 0 aliphatic carbocycles. The van der Waals surface area contributed by atoms with Gasteiger partial charge in [-0.2, -0.15) is 0 Å². The number of anilines is 1. The van der Waals surface area contributed by atoms with E-state index in [0.717, 1.165) is 11.8 Å². The Morgan fingerprint density at radius 1 is 1.03 bits per heavy atom. The van der Waals surface area contributed by atoms with E-state index < -0.39 is 17.8 Å². The molecule has 0 atom stereocenters. The van der Waals surface area contributed by atoms with E-state index in [-0.39, 0.29) is 33.7 Å². The number of hydrogen-bond donors (Lipinski definition) is 1.